The zero-order chi connectivity index (χ0) is 10.4. The van der Waals surface area contributed by atoms with Crippen molar-refractivity contribution >= 4 is 17.6 Å². The molecule has 1 aromatic heterocycles. The van der Waals surface area contributed by atoms with Gasteiger partial charge < -0.3 is 5.73 Å². The van der Waals surface area contributed by atoms with E-state index in [1.807, 2.05) is 0 Å². The summed E-state index contributed by atoms with van der Waals surface area (Å²) in [7, 11) is 0. The van der Waals surface area contributed by atoms with Crippen LogP contribution in [0.5, 0.6) is 0 Å². The van der Waals surface area contributed by atoms with Crippen molar-refractivity contribution < 1.29 is 0 Å². The van der Waals surface area contributed by atoms with Crippen LogP contribution in [0.3, 0.4) is 0 Å². The molecule has 5 heteroatoms. The molecule has 0 aliphatic rings. The molecule has 0 aromatic carbocycles. The zero-order valence-corrected chi connectivity index (χ0v) is 9.05. The summed E-state index contributed by atoms with van der Waals surface area (Å²) in [6, 6.07) is 2.07. The van der Waals surface area contributed by atoms with Gasteiger partial charge in [0.25, 0.3) is 0 Å². The molecule has 0 aliphatic heterocycles. The lowest BCUT2D eigenvalue weighted by atomic mass is 10.5. The van der Waals surface area contributed by atoms with E-state index >= 15 is 0 Å². The first-order chi connectivity index (χ1) is 6.79. The van der Waals surface area contributed by atoms with Gasteiger partial charge in [0.2, 0.25) is 0 Å². The first kappa shape index (κ1) is 10.9. The van der Waals surface area contributed by atoms with E-state index in [4.69, 9.17) is 11.0 Å². The molecule has 1 aromatic rings. The number of hydrogen-bond donors (Lipinski definition) is 1. The summed E-state index contributed by atoms with van der Waals surface area (Å²) >= 11 is 1.71. The van der Waals surface area contributed by atoms with Crippen molar-refractivity contribution in [3.63, 3.8) is 0 Å². The van der Waals surface area contributed by atoms with E-state index in [0.29, 0.717) is 18.8 Å². The Balaban J connectivity index is 2.61. The Labute approximate surface area is 88.1 Å². The van der Waals surface area contributed by atoms with Gasteiger partial charge in [0.05, 0.1) is 30.1 Å². The highest BCUT2D eigenvalue weighted by molar-refractivity contribution is 7.99. The molecule has 0 fully saturated rings. The van der Waals surface area contributed by atoms with E-state index in [1.54, 1.807) is 22.6 Å². The third-order valence-electron chi connectivity index (χ3n) is 1.74. The van der Waals surface area contributed by atoms with Crippen molar-refractivity contribution in [2.24, 2.45) is 0 Å². The van der Waals surface area contributed by atoms with Gasteiger partial charge in [-0.3, -0.25) is 0 Å². The van der Waals surface area contributed by atoms with Gasteiger partial charge in [-0.05, 0) is 12.2 Å². The fraction of sp³-hybridized carbons (Fsp3) is 0.556. The summed E-state index contributed by atoms with van der Waals surface area (Å²) in [4.78, 5) is 1.02. The van der Waals surface area contributed by atoms with Crippen LogP contribution in [0.2, 0.25) is 0 Å². The van der Waals surface area contributed by atoms with Gasteiger partial charge >= 0.3 is 0 Å². The Morgan fingerprint density at radius 3 is 3.14 bits per heavy atom. The smallest absolute Gasteiger partial charge is 0.135 e. The number of nitrogens with zero attached hydrogens (tertiary/aromatic N) is 3. The van der Waals surface area contributed by atoms with Crippen LogP contribution < -0.4 is 5.73 Å². The summed E-state index contributed by atoms with van der Waals surface area (Å²) in [6.07, 6.45) is 3.34. The average molecular weight is 210 g/mol. The molecule has 0 amide bonds. The summed E-state index contributed by atoms with van der Waals surface area (Å²) < 4.78 is 1.68. The molecule has 0 unspecified atom stereocenters. The number of rotatable bonds is 5. The van der Waals surface area contributed by atoms with Crippen molar-refractivity contribution in [1.82, 2.24) is 9.78 Å². The Bertz CT molecular complexity index is 326. The Hall–Kier alpha value is -1.15. The topological polar surface area (TPSA) is 67.6 Å². The van der Waals surface area contributed by atoms with Gasteiger partial charge in [-0.15, -0.1) is 11.8 Å². The first-order valence-corrected chi connectivity index (χ1v) is 5.59. The summed E-state index contributed by atoms with van der Waals surface area (Å²) in [6.45, 7) is 2.71. The Kier molecular flexibility index (Phi) is 4.33. The number of hydrogen-bond acceptors (Lipinski definition) is 4. The fourth-order valence-electron chi connectivity index (χ4n) is 1.03. The van der Waals surface area contributed by atoms with Crippen LogP contribution in [0, 0.1) is 11.3 Å². The van der Waals surface area contributed by atoms with E-state index in [9.17, 15) is 0 Å². The largest absolute Gasteiger partial charge is 0.383 e. The van der Waals surface area contributed by atoms with Gasteiger partial charge in [0.15, 0.2) is 0 Å². The number of anilines is 1. The molecular weight excluding hydrogens is 196 g/mol. The van der Waals surface area contributed by atoms with E-state index in [0.717, 1.165) is 17.1 Å². The highest BCUT2D eigenvalue weighted by atomic mass is 32.2. The van der Waals surface area contributed by atoms with E-state index in [-0.39, 0.29) is 0 Å². The second-order valence-corrected chi connectivity index (χ2v) is 4.01. The third kappa shape index (κ3) is 2.67. The van der Waals surface area contributed by atoms with Crippen LogP contribution in [0.15, 0.2) is 11.1 Å². The van der Waals surface area contributed by atoms with Crippen LogP contribution in [-0.2, 0) is 6.54 Å². The molecule has 0 radical (unpaired) electrons. The molecule has 1 heterocycles. The predicted octanol–water partition coefficient (Wildman–Crippen LogP) is 1.88. The zero-order valence-electron chi connectivity index (χ0n) is 8.23. The third-order valence-corrected chi connectivity index (χ3v) is 2.98. The molecule has 76 valence electrons. The predicted molar refractivity (Wildman–Crippen MR) is 57.9 cm³/mol. The SMILES string of the molecule is CCCSc1cnn(CCC#N)c1N. The Morgan fingerprint density at radius 1 is 1.71 bits per heavy atom. The lowest BCUT2D eigenvalue weighted by Crippen LogP contribution is -2.04. The number of aromatic nitrogens is 2. The van der Waals surface area contributed by atoms with Gasteiger partial charge in [0, 0.05) is 0 Å². The molecule has 0 atom stereocenters. The molecule has 0 saturated heterocycles. The molecule has 0 aliphatic carbocycles. The maximum Gasteiger partial charge on any atom is 0.135 e. The number of nitriles is 1. The molecule has 4 nitrogen and oxygen atoms in total. The van der Waals surface area contributed by atoms with E-state index in [2.05, 4.69) is 18.1 Å². The quantitative estimate of drug-likeness (QED) is 0.753. The number of aryl methyl sites for hydroxylation is 1. The molecule has 1 rings (SSSR count). The minimum atomic E-state index is 0.448. The van der Waals surface area contributed by atoms with Crippen LogP contribution in [0.25, 0.3) is 0 Å². The molecule has 2 N–H and O–H groups in total. The van der Waals surface area contributed by atoms with Crippen molar-refractivity contribution in [3.8, 4) is 6.07 Å². The van der Waals surface area contributed by atoms with Crippen molar-refractivity contribution in [1.29, 1.82) is 5.26 Å². The van der Waals surface area contributed by atoms with Crippen LogP contribution in [0.4, 0.5) is 5.82 Å². The summed E-state index contributed by atoms with van der Waals surface area (Å²) in [5.74, 6) is 1.73. The lowest BCUT2D eigenvalue weighted by Gasteiger charge is -2.01. The maximum atomic E-state index is 8.43. The minimum absolute atomic E-state index is 0.448. The number of nitrogen functional groups attached to an aromatic ring is 1. The summed E-state index contributed by atoms with van der Waals surface area (Å²) in [5.41, 5.74) is 5.86. The molecule has 14 heavy (non-hydrogen) atoms. The van der Waals surface area contributed by atoms with E-state index in [1.165, 1.54) is 0 Å². The standard InChI is InChI=1S/C9H14N4S/c1-2-6-14-8-7-12-13(9(8)11)5-3-4-10/h7H,2-3,5-6,11H2,1H3. The van der Waals surface area contributed by atoms with Crippen LogP contribution in [0.1, 0.15) is 19.8 Å². The number of thioether (sulfide) groups is 1. The Morgan fingerprint density at radius 2 is 2.50 bits per heavy atom. The van der Waals surface area contributed by atoms with Gasteiger partial charge in [-0.25, -0.2) is 4.68 Å². The normalized spacial score (nSPS) is 10.0. The summed E-state index contributed by atoms with van der Waals surface area (Å²) in [5, 5.41) is 12.6. The van der Waals surface area contributed by atoms with Crippen molar-refractivity contribution in [2.75, 3.05) is 11.5 Å². The second-order valence-electron chi connectivity index (χ2n) is 2.87. The highest BCUT2D eigenvalue weighted by Gasteiger charge is 2.06. The van der Waals surface area contributed by atoms with Gasteiger partial charge in [-0.1, -0.05) is 6.92 Å². The average Bonchev–Trinajstić information content (AvgIpc) is 2.54. The fourth-order valence-corrected chi connectivity index (χ4v) is 1.83. The second kappa shape index (κ2) is 5.55. The number of nitrogens with two attached hydrogens (primary N) is 1. The molecule has 0 saturated carbocycles. The van der Waals surface area contributed by atoms with Crippen molar-refractivity contribution in [2.45, 2.75) is 31.2 Å². The first-order valence-electron chi connectivity index (χ1n) is 4.60. The molecule has 0 bridgehead atoms. The minimum Gasteiger partial charge on any atom is -0.383 e. The van der Waals surface area contributed by atoms with Crippen LogP contribution in [-0.4, -0.2) is 15.5 Å². The van der Waals surface area contributed by atoms with E-state index < -0.39 is 0 Å². The molecule has 0 spiro atoms. The maximum absolute atomic E-state index is 8.43. The van der Waals surface area contributed by atoms with Crippen LogP contribution >= 0.6 is 11.8 Å². The monoisotopic (exact) mass is 210 g/mol. The lowest BCUT2D eigenvalue weighted by molar-refractivity contribution is 0.636. The highest BCUT2D eigenvalue weighted by Crippen LogP contribution is 2.24. The van der Waals surface area contributed by atoms with Gasteiger partial charge in [-0.2, -0.15) is 10.4 Å². The van der Waals surface area contributed by atoms with Gasteiger partial charge in [0.1, 0.15) is 5.82 Å². The van der Waals surface area contributed by atoms with Crippen molar-refractivity contribution in [3.05, 3.63) is 6.20 Å². The molecular formula is C9H14N4S.